The Morgan fingerprint density at radius 1 is 1.40 bits per heavy atom. The first-order valence-electron chi connectivity index (χ1n) is 5.04. The number of pyridine rings is 1. The molecule has 0 amide bonds. The lowest BCUT2D eigenvalue weighted by Gasteiger charge is -2.29. The highest BCUT2D eigenvalue weighted by Gasteiger charge is 2.22. The Labute approximate surface area is 89.1 Å². The molecule has 0 N–H and O–H groups in total. The van der Waals surface area contributed by atoms with E-state index in [2.05, 4.69) is 16.0 Å². The van der Waals surface area contributed by atoms with E-state index >= 15 is 0 Å². The van der Waals surface area contributed by atoms with Crippen LogP contribution in [0.5, 0.6) is 0 Å². The minimum Gasteiger partial charge on any atom is -0.379 e. The summed E-state index contributed by atoms with van der Waals surface area (Å²) in [4.78, 5) is 6.32. The van der Waals surface area contributed by atoms with Crippen LogP contribution >= 0.6 is 0 Å². The molecule has 0 bridgehead atoms. The average molecular weight is 203 g/mol. The first-order valence-corrected chi connectivity index (χ1v) is 5.04. The van der Waals surface area contributed by atoms with Crippen LogP contribution in [-0.4, -0.2) is 36.2 Å². The molecule has 0 radical (unpaired) electrons. The van der Waals surface area contributed by atoms with E-state index in [0.717, 1.165) is 18.8 Å². The Morgan fingerprint density at radius 3 is 2.80 bits per heavy atom. The highest BCUT2D eigenvalue weighted by molar-refractivity contribution is 5.16. The topological polar surface area (TPSA) is 49.2 Å². The molecule has 1 aliphatic rings. The molecule has 0 aromatic carbocycles. The Balaban J connectivity index is 2.14. The first kappa shape index (κ1) is 10.1. The normalized spacial score (nSPS) is 19.4. The summed E-state index contributed by atoms with van der Waals surface area (Å²) in [6.45, 7) is 3.00. The van der Waals surface area contributed by atoms with Gasteiger partial charge < -0.3 is 4.74 Å². The van der Waals surface area contributed by atoms with Gasteiger partial charge in [-0.3, -0.25) is 9.88 Å². The maximum atomic E-state index is 9.16. The van der Waals surface area contributed by atoms with Crippen molar-refractivity contribution in [3.63, 3.8) is 0 Å². The molecule has 1 aromatic heterocycles. The maximum absolute atomic E-state index is 9.16. The quantitative estimate of drug-likeness (QED) is 0.719. The van der Waals surface area contributed by atoms with Gasteiger partial charge in [0, 0.05) is 19.3 Å². The van der Waals surface area contributed by atoms with Gasteiger partial charge in [0.15, 0.2) is 0 Å². The second-order valence-corrected chi connectivity index (χ2v) is 3.43. The zero-order chi connectivity index (χ0) is 10.5. The number of ether oxygens (including phenoxy) is 1. The van der Waals surface area contributed by atoms with E-state index < -0.39 is 0 Å². The van der Waals surface area contributed by atoms with Crippen molar-refractivity contribution in [2.75, 3.05) is 26.3 Å². The third kappa shape index (κ3) is 2.32. The standard InChI is InChI=1S/C11H13N3O/c12-9-11(10-3-1-2-4-13-10)14-5-7-15-8-6-14/h1-4,11H,5-8H2/t11-/m1/s1. The number of rotatable bonds is 2. The van der Waals surface area contributed by atoms with E-state index in [9.17, 15) is 0 Å². The molecule has 1 aliphatic heterocycles. The average Bonchev–Trinajstić information content (AvgIpc) is 2.33. The minimum absolute atomic E-state index is 0.241. The van der Waals surface area contributed by atoms with Crippen LogP contribution < -0.4 is 0 Å². The molecule has 0 spiro atoms. The minimum atomic E-state index is -0.241. The fraction of sp³-hybridized carbons (Fsp3) is 0.455. The Hall–Kier alpha value is -1.44. The van der Waals surface area contributed by atoms with Crippen molar-refractivity contribution in [1.29, 1.82) is 5.26 Å². The van der Waals surface area contributed by atoms with Gasteiger partial charge >= 0.3 is 0 Å². The zero-order valence-corrected chi connectivity index (χ0v) is 8.47. The van der Waals surface area contributed by atoms with Crippen LogP contribution in [0.1, 0.15) is 11.7 Å². The molecule has 1 saturated heterocycles. The lowest BCUT2D eigenvalue weighted by Crippen LogP contribution is -2.38. The third-order valence-corrected chi connectivity index (χ3v) is 2.50. The summed E-state index contributed by atoms with van der Waals surface area (Å²) in [5.74, 6) is 0. The van der Waals surface area contributed by atoms with Crippen molar-refractivity contribution in [3.05, 3.63) is 30.1 Å². The number of hydrogen-bond acceptors (Lipinski definition) is 4. The molecule has 2 heterocycles. The molecule has 1 aromatic rings. The van der Waals surface area contributed by atoms with Gasteiger partial charge in [0.25, 0.3) is 0 Å². The van der Waals surface area contributed by atoms with Crippen molar-refractivity contribution in [1.82, 2.24) is 9.88 Å². The van der Waals surface area contributed by atoms with Gasteiger partial charge in [-0.15, -0.1) is 0 Å². The first-order chi connectivity index (χ1) is 7.42. The van der Waals surface area contributed by atoms with Crippen molar-refractivity contribution in [2.45, 2.75) is 6.04 Å². The van der Waals surface area contributed by atoms with Crippen LogP contribution in [0.25, 0.3) is 0 Å². The second-order valence-electron chi connectivity index (χ2n) is 3.43. The molecule has 78 valence electrons. The Kier molecular flexibility index (Phi) is 3.28. The number of nitriles is 1. The van der Waals surface area contributed by atoms with E-state index in [-0.39, 0.29) is 6.04 Å². The van der Waals surface area contributed by atoms with Crippen LogP contribution in [0.15, 0.2) is 24.4 Å². The van der Waals surface area contributed by atoms with Crippen molar-refractivity contribution >= 4 is 0 Å². The molecule has 1 fully saturated rings. The smallest absolute Gasteiger partial charge is 0.141 e. The van der Waals surface area contributed by atoms with Gasteiger partial charge in [-0.25, -0.2) is 0 Å². The van der Waals surface area contributed by atoms with Crippen LogP contribution in [0.4, 0.5) is 0 Å². The van der Waals surface area contributed by atoms with Gasteiger partial charge in [0.1, 0.15) is 6.04 Å². The maximum Gasteiger partial charge on any atom is 0.141 e. The van der Waals surface area contributed by atoms with Crippen LogP contribution in [0.2, 0.25) is 0 Å². The molecular formula is C11H13N3O. The highest BCUT2D eigenvalue weighted by atomic mass is 16.5. The molecule has 4 nitrogen and oxygen atoms in total. The predicted molar refractivity (Wildman–Crippen MR) is 55.0 cm³/mol. The molecule has 15 heavy (non-hydrogen) atoms. The van der Waals surface area contributed by atoms with E-state index in [0.29, 0.717) is 13.2 Å². The van der Waals surface area contributed by atoms with Gasteiger partial charge in [-0.1, -0.05) is 6.07 Å². The fourth-order valence-electron chi connectivity index (χ4n) is 1.71. The van der Waals surface area contributed by atoms with E-state index in [1.165, 1.54) is 0 Å². The second kappa shape index (κ2) is 4.87. The van der Waals surface area contributed by atoms with Crippen molar-refractivity contribution in [2.24, 2.45) is 0 Å². The summed E-state index contributed by atoms with van der Waals surface area (Å²) in [6, 6.07) is 7.72. The summed E-state index contributed by atoms with van der Waals surface area (Å²) in [5.41, 5.74) is 0.821. The number of hydrogen-bond donors (Lipinski definition) is 0. The van der Waals surface area contributed by atoms with E-state index in [4.69, 9.17) is 10.00 Å². The molecular weight excluding hydrogens is 190 g/mol. The lowest BCUT2D eigenvalue weighted by molar-refractivity contribution is 0.0260. The summed E-state index contributed by atoms with van der Waals surface area (Å²) >= 11 is 0. The van der Waals surface area contributed by atoms with E-state index in [1.807, 2.05) is 18.2 Å². The van der Waals surface area contributed by atoms with Crippen molar-refractivity contribution in [3.8, 4) is 6.07 Å². The Morgan fingerprint density at radius 2 is 2.20 bits per heavy atom. The number of aromatic nitrogens is 1. The molecule has 0 saturated carbocycles. The summed E-state index contributed by atoms with van der Waals surface area (Å²) in [5, 5.41) is 9.16. The molecule has 2 rings (SSSR count). The summed E-state index contributed by atoms with van der Waals surface area (Å²) in [7, 11) is 0. The molecule has 0 unspecified atom stereocenters. The van der Waals surface area contributed by atoms with Gasteiger partial charge in [-0.2, -0.15) is 5.26 Å². The Bertz CT molecular complexity index is 341. The van der Waals surface area contributed by atoms with Gasteiger partial charge in [-0.05, 0) is 12.1 Å². The number of morpholine rings is 1. The van der Waals surface area contributed by atoms with Crippen LogP contribution in [-0.2, 0) is 4.74 Å². The number of nitrogens with zero attached hydrogens (tertiary/aromatic N) is 3. The van der Waals surface area contributed by atoms with Gasteiger partial charge in [0.2, 0.25) is 0 Å². The zero-order valence-electron chi connectivity index (χ0n) is 8.47. The molecule has 0 aliphatic carbocycles. The third-order valence-electron chi connectivity index (χ3n) is 2.50. The van der Waals surface area contributed by atoms with Crippen LogP contribution in [0, 0.1) is 11.3 Å². The molecule has 1 atom stereocenters. The summed E-state index contributed by atoms with van der Waals surface area (Å²) < 4.78 is 5.26. The SMILES string of the molecule is N#C[C@H](c1ccccn1)N1CCOCC1. The van der Waals surface area contributed by atoms with Gasteiger partial charge in [0.05, 0.1) is 25.0 Å². The van der Waals surface area contributed by atoms with Crippen LogP contribution in [0.3, 0.4) is 0 Å². The largest absolute Gasteiger partial charge is 0.379 e. The fourth-order valence-corrected chi connectivity index (χ4v) is 1.71. The monoisotopic (exact) mass is 203 g/mol. The lowest BCUT2D eigenvalue weighted by atomic mass is 10.1. The molecule has 4 heteroatoms. The summed E-state index contributed by atoms with van der Waals surface area (Å²) in [6.07, 6.45) is 1.72. The highest BCUT2D eigenvalue weighted by Crippen LogP contribution is 2.18. The van der Waals surface area contributed by atoms with E-state index in [1.54, 1.807) is 6.20 Å². The predicted octanol–water partition coefficient (Wildman–Crippen LogP) is 0.978. The van der Waals surface area contributed by atoms with Crippen molar-refractivity contribution < 1.29 is 4.74 Å².